The lowest BCUT2D eigenvalue weighted by atomic mass is 10.1. The smallest absolute Gasteiger partial charge is 0.335 e. The van der Waals surface area contributed by atoms with E-state index in [9.17, 15) is 9.59 Å². The van der Waals surface area contributed by atoms with Crippen molar-refractivity contribution in [2.24, 2.45) is 0 Å². The summed E-state index contributed by atoms with van der Waals surface area (Å²) in [7, 11) is 0. The molecule has 0 atom stereocenters. The molecular formula is C20H18N2O4S. The first-order valence-corrected chi connectivity index (χ1v) is 8.78. The van der Waals surface area contributed by atoms with Gasteiger partial charge in [0.25, 0.3) is 5.91 Å². The summed E-state index contributed by atoms with van der Waals surface area (Å²) in [5.74, 6) is -0.409. The van der Waals surface area contributed by atoms with Crippen molar-refractivity contribution in [2.75, 3.05) is 6.54 Å². The van der Waals surface area contributed by atoms with Crippen molar-refractivity contribution in [3.63, 3.8) is 0 Å². The van der Waals surface area contributed by atoms with Gasteiger partial charge in [-0.25, -0.2) is 4.79 Å². The predicted molar refractivity (Wildman–Crippen MR) is 105 cm³/mol. The van der Waals surface area contributed by atoms with E-state index in [0.717, 1.165) is 11.1 Å². The maximum atomic E-state index is 12.2. The van der Waals surface area contributed by atoms with Gasteiger partial charge in [-0.2, -0.15) is 0 Å². The van der Waals surface area contributed by atoms with Crippen molar-refractivity contribution in [2.45, 2.75) is 13.5 Å². The van der Waals surface area contributed by atoms with Gasteiger partial charge in [0.2, 0.25) is 0 Å². The summed E-state index contributed by atoms with van der Waals surface area (Å²) in [5.41, 5.74) is 2.42. The predicted octanol–water partition coefficient (Wildman–Crippen LogP) is 3.04. The minimum absolute atomic E-state index is 0.132. The van der Waals surface area contributed by atoms with E-state index >= 15 is 0 Å². The van der Waals surface area contributed by atoms with E-state index in [1.807, 2.05) is 31.2 Å². The second-order valence-electron chi connectivity index (χ2n) is 5.90. The van der Waals surface area contributed by atoms with Crippen LogP contribution in [-0.4, -0.2) is 33.5 Å². The molecule has 0 aromatic heterocycles. The zero-order valence-electron chi connectivity index (χ0n) is 14.6. The van der Waals surface area contributed by atoms with Gasteiger partial charge in [-0.1, -0.05) is 24.3 Å². The van der Waals surface area contributed by atoms with Gasteiger partial charge >= 0.3 is 5.97 Å². The third kappa shape index (κ3) is 4.32. The maximum Gasteiger partial charge on any atom is 0.335 e. The highest BCUT2D eigenvalue weighted by molar-refractivity contribution is 7.80. The zero-order valence-corrected chi connectivity index (χ0v) is 15.5. The van der Waals surface area contributed by atoms with Gasteiger partial charge in [0, 0.05) is 6.54 Å². The number of thiocarbonyl (C=S) groups is 1. The number of ether oxygens (including phenoxy) is 1. The van der Waals surface area contributed by atoms with Gasteiger partial charge in [0.1, 0.15) is 18.1 Å². The zero-order chi connectivity index (χ0) is 19.4. The Labute approximate surface area is 162 Å². The Morgan fingerprint density at radius 3 is 2.41 bits per heavy atom. The molecule has 1 amide bonds. The Balaban J connectivity index is 1.62. The lowest BCUT2D eigenvalue weighted by Crippen LogP contribution is -2.30. The number of aromatic carboxylic acids is 1. The Morgan fingerprint density at radius 1 is 1.19 bits per heavy atom. The number of nitrogens with zero attached hydrogens (tertiary/aromatic N) is 1. The van der Waals surface area contributed by atoms with Crippen molar-refractivity contribution in [1.29, 1.82) is 0 Å². The quantitative estimate of drug-likeness (QED) is 0.591. The first kappa shape index (κ1) is 18.6. The van der Waals surface area contributed by atoms with Crippen LogP contribution in [0.4, 0.5) is 0 Å². The summed E-state index contributed by atoms with van der Waals surface area (Å²) in [4.78, 5) is 24.5. The Bertz CT molecular complexity index is 905. The Morgan fingerprint density at radius 2 is 1.85 bits per heavy atom. The van der Waals surface area contributed by atoms with E-state index in [1.54, 1.807) is 30.3 Å². The lowest BCUT2D eigenvalue weighted by Gasteiger charge is -2.09. The second kappa shape index (κ2) is 8.01. The van der Waals surface area contributed by atoms with Crippen LogP contribution in [0.15, 0.2) is 54.2 Å². The van der Waals surface area contributed by atoms with Crippen molar-refractivity contribution in [3.8, 4) is 5.75 Å². The highest BCUT2D eigenvalue weighted by Gasteiger charge is 2.28. The van der Waals surface area contributed by atoms with Crippen LogP contribution in [0.25, 0.3) is 6.08 Å². The number of hydrogen-bond donors (Lipinski definition) is 2. The number of carboxylic acids is 1. The number of benzene rings is 2. The number of hydrogen-bond acceptors (Lipinski definition) is 4. The average molecular weight is 382 g/mol. The first-order chi connectivity index (χ1) is 13.0. The number of likely N-dealkylation sites (N-methyl/N-ethyl adjacent to an activating group) is 1. The molecule has 2 N–H and O–H groups in total. The molecule has 1 aliphatic heterocycles. The van der Waals surface area contributed by atoms with Crippen LogP contribution < -0.4 is 10.1 Å². The van der Waals surface area contributed by atoms with Gasteiger partial charge < -0.3 is 15.2 Å². The molecule has 0 saturated carbocycles. The summed E-state index contributed by atoms with van der Waals surface area (Å²) in [6, 6.07) is 13.9. The van der Waals surface area contributed by atoms with E-state index in [4.69, 9.17) is 22.1 Å². The molecule has 3 rings (SSSR count). The fourth-order valence-corrected chi connectivity index (χ4v) is 2.92. The highest BCUT2D eigenvalue weighted by atomic mass is 32.1. The maximum absolute atomic E-state index is 12.2. The third-order valence-corrected chi connectivity index (χ3v) is 4.40. The molecule has 27 heavy (non-hydrogen) atoms. The SMILES string of the molecule is CCN1C(=O)/C(=C/c2ccc(OCc3ccc(C(=O)O)cc3)cc2)NC1=S. The molecule has 0 unspecified atom stereocenters. The van der Waals surface area contributed by atoms with Crippen molar-refractivity contribution in [1.82, 2.24) is 10.2 Å². The van der Waals surface area contributed by atoms with E-state index in [-0.39, 0.29) is 11.5 Å². The topological polar surface area (TPSA) is 78.9 Å². The fraction of sp³-hybridized carbons (Fsp3) is 0.150. The number of carbonyl (C=O) groups excluding carboxylic acids is 1. The molecule has 1 heterocycles. The molecule has 7 heteroatoms. The van der Waals surface area contributed by atoms with Crippen LogP contribution in [0.3, 0.4) is 0 Å². The van der Waals surface area contributed by atoms with E-state index < -0.39 is 5.97 Å². The molecule has 1 saturated heterocycles. The standard InChI is InChI=1S/C20H18N2O4S/c1-2-22-18(23)17(21-20(22)27)11-13-5-9-16(10-6-13)26-12-14-3-7-15(8-4-14)19(24)25/h3-11H,2,12H2,1H3,(H,21,27)(H,24,25)/b17-11-. The lowest BCUT2D eigenvalue weighted by molar-refractivity contribution is -0.122. The Hall–Kier alpha value is -3.19. The summed E-state index contributed by atoms with van der Waals surface area (Å²) < 4.78 is 5.71. The number of rotatable bonds is 6. The normalized spacial score (nSPS) is 15.1. The number of carboxylic acid groups (broad SMARTS) is 1. The largest absolute Gasteiger partial charge is 0.489 e. The molecule has 2 aromatic rings. The molecule has 6 nitrogen and oxygen atoms in total. The molecule has 0 bridgehead atoms. The monoisotopic (exact) mass is 382 g/mol. The van der Waals surface area contributed by atoms with Crippen molar-refractivity contribution >= 4 is 35.3 Å². The van der Waals surface area contributed by atoms with Crippen LogP contribution in [0.5, 0.6) is 5.75 Å². The minimum Gasteiger partial charge on any atom is -0.489 e. The Kier molecular flexibility index (Phi) is 5.52. The van der Waals surface area contributed by atoms with Gasteiger partial charge in [-0.3, -0.25) is 9.69 Å². The molecule has 0 radical (unpaired) electrons. The second-order valence-corrected chi connectivity index (χ2v) is 6.28. The van der Waals surface area contributed by atoms with Crippen LogP contribution in [0.1, 0.15) is 28.4 Å². The van der Waals surface area contributed by atoms with Gasteiger partial charge in [0.15, 0.2) is 5.11 Å². The summed E-state index contributed by atoms with van der Waals surface area (Å²) in [6.45, 7) is 2.73. The number of amides is 1. The third-order valence-electron chi connectivity index (χ3n) is 4.08. The summed E-state index contributed by atoms with van der Waals surface area (Å²) in [6.07, 6.45) is 1.75. The van der Waals surface area contributed by atoms with Gasteiger partial charge in [-0.15, -0.1) is 0 Å². The molecule has 0 spiro atoms. The number of nitrogens with one attached hydrogen (secondary N) is 1. The first-order valence-electron chi connectivity index (χ1n) is 8.37. The van der Waals surface area contributed by atoms with Crippen LogP contribution in [0, 0.1) is 0 Å². The molecule has 1 aliphatic rings. The van der Waals surface area contributed by atoms with Crippen LogP contribution >= 0.6 is 12.2 Å². The molecule has 138 valence electrons. The summed E-state index contributed by atoms with van der Waals surface area (Å²) >= 11 is 5.13. The average Bonchev–Trinajstić information content (AvgIpc) is 2.94. The van der Waals surface area contributed by atoms with Gasteiger partial charge in [0.05, 0.1) is 5.56 Å². The summed E-state index contributed by atoms with van der Waals surface area (Å²) in [5, 5.41) is 12.2. The molecule has 2 aromatic carbocycles. The van der Waals surface area contributed by atoms with E-state index in [0.29, 0.717) is 29.7 Å². The van der Waals surface area contributed by atoms with Gasteiger partial charge in [-0.05, 0) is 60.6 Å². The van der Waals surface area contributed by atoms with Crippen molar-refractivity contribution < 1.29 is 19.4 Å². The number of carbonyl (C=O) groups is 2. The van der Waals surface area contributed by atoms with Crippen molar-refractivity contribution in [3.05, 3.63) is 70.9 Å². The minimum atomic E-state index is -0.953. The molecule has 1 fully saturated rings. The van der Waals surface area contributed by atoms with Crippen LogP contribution in [0.2, 0.25) is 0 Å². The highest BCUT2D eigenvalue weighted by Crippen LogP contribution is 2.18. The molecular weight excluding hydrogens is 364 g/mol. The molecule has 0 aliphatic carbocycles. The van der Waals surface area contributed by atoms with Crippen LogP contribution in [-0.2, 0) is 11.4 Å². The van der Waals surface area contributed by atoms with E-state index in [1.165, 1.54) is 4.90 Å². The van der Waals surface area contributed by atoms with E-state index in [2.05, 4.69) is 5.32 Å². The fourth-order valence-electron chi connectivity index (χ4n) is 2.60.